The Kier molecular flexibility index (Phi) is 3.48. The zero-order chi connectivity index (χ0) is 13.4. The molecule has 2 nitrogen and oxygen atoms in total. The Morgan fingerprint density at radius 2 is 2.21 bits per heavy atom. The van der Waals surface area contributed by atoms with Crippen LogP contribution in [0.3, 0.4) is 0 Å². The van der Waals surface area contributed by atoms with Gasteiger partial charge >= 0.3 is 0 Å². The normalized spacial score (nSPS) is 28.6. The van der Waals surface area contributed by atoms with Crippen LogP contribution in [0.2, 0.25) is 5.02 Å². The lowest BCUT2D eigenvalue weighted by molar-refractivity contribution is -0.117. The van der Waals surface area contributed by atoms with E-state index in [1.165, 1.54) is 37.5 Å². The number of benzene rings is 1. The monoisotopic (exact) mass is 281 g/mol. The fraction of sp³-hybridized carbons (Fsp3) is 0.533. The number of carbonyl (C=O) groups is 1. The Hall–Kier alpha value is -1.09. The quantitative estimate of drug-likeness (QED) is 0.882. The number of halogens is 2. The van der Waals surface area contributed by atoms with Crippen molar-refractivity contribution in [2.45, 2.75) is 32.1 Å². The summed E-state index contributed by atoms with van der Waals surface area (Å²) in [5, 5.41) is 3.07. The summed E-state index contributed by atoms with van der Waals surface area (Å²) in [4.78, 5) is 12.0. The average molecular weight is 282 g/mol. The van der Waals surface area contributed by atoms with Crippen molar-refractivity contribution in [1.29, 1.82) is 0 Å². The first-order valence-electron chi connectivity index (χ1n) is 6.86. The topological polar surface area (TPSA) is 29.1 Å². The summed E-state index contributed by atoms with van der Waals surface area (Å²) in [6, 6.07) is 4.20. The molecular formula is C15H17ClFNO. The largest absolute Gasteiger partial charge is 0.324 e. The lowest BCUT2D eigenvalue weighted by Gasteiger charge is -2.21. The minimum absolute atomic E-state index is 0.0984. The lowest BCUT2D eigenvalue weighted by atomic mass is 9.86. The van der Waals surface area contributed by atoms with E-state index in [1.54, 1.807) is 0 Å². The van der Waals surface area contributed by atoms with Crippen LogP contribution in [0.25, 0.3) is 0 Å². The van der Waals surface area contributed by atoms with Crippen molar-refractivity contribution >= 4 is 23.2 Å². The van der Waals surface area contributed by atoms with Crippen LogP contribution in [0.4, 0.5) is 10.1 Å². The first-order valence-corrected chi connectivity index (χ1v) is 7.24. The minimum atomic E-state index is -0.439. The van der Waals surface area contributed by atoms with Gasteiger partial charge in [0.2, 0.25) is 5.91 Å². The molecule has 1 amide bonds. The van der Waals surface area contributed by atoms with E-state index in [-0.39, 0.29) is 11.6 Å². The van der Waals surface area contributed by atoms with Gasteiger partial charge in [-0.1, -0.05) is 18.0 Å². The Morgan fingerprint density at radius 3 is 2.89 bits per heavy atom. The number of nitrogens with one attached hydrogen (secondary N) is 1. The Bertz CT molecular complexity index is 505. The maximum absolute atomic E-state index is 13.5. The SMILES string of the molecule is O=C(C[C@@H]1C[C@@H]2CC[C@@H]1C2)Nc1cc(Cl)ccc1F. The van der Waals surface area contributed by atoms with Gasteiger partial charge in [0.1, 0.15) is 5.82 Å². The molecule has 102 valence electrons. The van der Waals surface area contributed by atoms with E-state index in [0.717, 1.165) is 12.3 Å². The van der Waals surface area contributed by atoms with Crippen LogP contribution in [0, 0.1) is 23.6 Å². The van der Waals surface area contributed by atoms with E-state index in [0.29, 0.717) is 23.3 Å². The smallest absolute Gasteiger partial charge is 0.224 e. The molecular weight excluding hydrogens is 265 g/mol. The molecule has 0 radical (unpaired) electrons. The Balaban J connectivity index is 1.61. The van der Waals surface area contributed by atoms with Crippen molar-refractivity contribution in [3.8, 4) is 0 Å². The number of hydrogen-bond donors (Lipinski definition) is 1. The van der Waals surface area contributed by atoms with Gasteiger partial charge in [0.25, 0.3) is 0 Å². The summed E-state index contributed by atoms with van der Waals surface area (Å²) in [6.45, 7) is 0. The molecule has 2 bridgehead atoms. The summed E-state index contributed by atoms with van der Waals surface area (Å²) < 4.78 is 13.5. The second-order valence-corrected chi connectivity index (χ2v) is 6.25. The van der Waals surface area contributed by atoms with Gasteiger partial charge in [-0.25, -0.2) is 4.39 Å². The number of hydrogen-bond acceptors (Lipinski definition) is 1. The van der Waals surface area contributed by atoms with Crippen LogP contribution in [-0.2, 0) is 4.79 Å². The van der Waals surface area contributed by atoms with E-state index in [4.69, 9.17) is 11.6 Å². The highest BCUT2D eigenvalue weighted by Gasteiger charge is 2.40. The molecule has 2 aliphatic rings. The third-order valence-electron chi connectivity index (χ3n) is 4.53. The van der Waals surface area contributed by atoms with Gasteiger partial charge in [-0.3, -0.25) is 4.79 Å². The second-order valence-electron chi connectivity index (χ2n) is 5.81. The fourth-order valence-corrected chi connectivity index (χ4v) is 3.83. The van der Waals surface area contributed by atoms with Crippen molar-refractivity contribution in [2.24, 2.45) is 17.8 Å². The molecule has 0 aromatic heterocycles. The van der Waals surface area contributed by atoms with Crippen LogP contribution >= 0.6 is 11.6 Å². The Morgan fingerprint density at radius 1 is 1.37 bits per heavy atom. The second kappa shape index (κ2) is 5.12. The van der Waals surface area contributed by atoms with Crippen molar-refractivity contribution in [1.82, 2.24) is 0 Å². The van der Waals surface area contributed by atoms with Crippen LogP contribution in [0.5, 0.6) is 0 Å². The molecule has 1 aromatic carbocycles. The number of anilines is 1. The zero-order valence-corrected chi connectivity index (χ0v) is 11.4. The highest BCUT2D eigenvalue weighted by Crippen LogP contribution is 2.49. The summed E-state index contributed by atoms with van der Waals surface area (Å²) in [5.41, 5.74) is 0.181. The first kappa shape index (κ1) is 12.9. The molecule has 0 heterocycles. The number of amides is 1. The van der Waals surface area contributed by atoms with Crippen LogP contribution in [-0.4, -0.2) is 5.91 Å². The lowest BCUT2D eigenvalue weighted by Crippen LogP contribution is -2.20. The Labute approximate surface area is 117 Å². The molecule has 2 saturated carbocycles. The van der Waals surface area contributed by atoms with Gasteiger partial charge in [-0.05, 0) is 55.2 Å². The van der Waals surface area contributed by atoms with Crippen LogP contribution < -0.4 is 5.32 Å². The maximum Gasteiger partial charge on any atom is 0.224 e. The fourth-order valence-electron chi connectivity index (χ4n) is 3.66. The van der Waals surface area contributed by atoms with Gasteiger partial charge in [0, 0.05) is 11.4 Å². The van der Waals surface area contributed by atoms with Gasteiger partial charge in [-0.15, -0.1) is 0 Å². The summed E-state index contributed by atoms with van der Waals surface area (Å²) in [6.07, 6.45) is 5.53. The molecule has 2 aliphatic carbocycles. The summed E-state index contributed by atoms with van der Waals surface area (Å²) in [5.74, 6) is 1.48. The highest BCUT2D eigenvalue weighted by atomic mass is 35.5. The van der Waals surface area contributed by atoms with E-state index in [1.807, 2.05) is 0 Å². The molecule has 1 aromatic rings. The molecule has 0 saturated heterocycles. The third-order valence-corrected chi connectivity index (χ3v) is 4.77. The molecule has 0 aliphatic heterocycles. The van der Waals surface area contributed by atoms with Crippen molar-refractivity contribution in [3.63, 3.8) is 0 Å². The molecule has 2 fully saturated rings. The van der Waals surface area contributed by atoms with Gasteiger partial charge in [0.05, 0.1) is 5.69 Å². The van der Waals surface area contributed by atoms with Gasteiger partial charge in [-0.2, -0.15) is 0 Å². The molecule has 1 N–H and O–H groups in total. The van der Waals surface area contributed by atoms with E-state index < -0.39 is 5.82 Å². The molecule has 3 atom stereocenters. The number of fused-ring (bicyclic) bond motifs is 2. The highest BCUT2D eigenvalue weighted by molar-refractivity contribution is 6.30. The van der Waals surface area contributed by atoms with Crippen molar-refractivity contribution in [3.05, 3.63) is 29.0 Å². The van der Waals surface area contributed by atoms with E-state index >= 15 is 0 Å². The minimum Gasteiger partial charge on any atom is -0.324 e. The third kappa shape index (κ3) is 2.76. The predicted octanol–water partition coefficient (Wildman–Crippen LogP) is 4.24. The molecule has 0 spiro atoms. The summed E-state index contributed by atoms with van der Waals surface area (Å²) >= 11 is 5.80. The van der Waals surface area contributed by atoms with E-state index in [2.05, 4.69) is 5.32 Å². The molecule has 4 heteroatoms. The predicted molar refractivity (Wildman–Crippen MR) is 73.6 cm³/mol. The van der Waals surface area contributed by atoms with E-state index in [9.17, 15) is 9.18 Å². The first-order chi connectivity index (χ1) is 9.11. The van der Waals surface area contributed by atoms with Gasteiger partial charge in [0.15, 0.2) is 0 Å². The zero-order valence-electron chi connectivity index (χ0n) is 10.7. The maximum atomic E-state index is 13.5. The summed E-state index contributed by atoms with van der Waals surface area (Å²) in [7, 11) is 0. The van der Waals surface area contributed by atoms with Crippen LogP contribution in [0.15, 0.2) is 18.2 Å². The number of rotatable bonds is 3. The van der Waals surface area contributed by atoms with Crippen molar-refractivity contribution < 1.29 is 9.18 Å². The number of carbonyl (C=O) groups excluding carboxylic acids is 1. The molecule has 3 rings (SSSR count). The van der Waals surface area contributed by atoms with Gasteiger partial charge < -0.3 is 5.32 Å². The molecule has 0 unspecified atom stereocenters. The standard InChI is InChI=1S/C15H17ClFNO/c16-12-3-4-13(17)14(8-12)18-15(19)7-11-6-9-1-2-10(11)5-9/h3-4,8-11H,1-2,5-7H2,(H,18,19)/t9-,10-,11+/m1/s1. The van der Waals surface area contributed by atoms with Crippen LogP contribution in [0.1, 0.15) is 32.1 Å². The molecule has 19 heavy (non-hydrogen) atoms. The van der Waals surface area contributed by atoms with Crippen molar-refractivity contribution in [2.75, 3.05) is 5.32 Å². The average Bonchev–Trinajstić information content (AvgIpc) is 2.96.